The van der Waals surface area contributed by atoms with Crippen molar-refractivity contribution >= 4 is 34.8 Å². The molecule has 0 spiro atoms. The second-order valence-electron chi connectivity index (χ2n) is 9.35. The van der Waals surface area contributed by atoms with Gasteiger partial charge in [0.1, 0.15) is 16.7 Å². The van der Waals surface area contributed by atoms with Gasteiger partial charge >= 0.3 is 0 Å². The van der Waals surface area contributed by atoms with Crippen LogP contribution in [0.2, 0.25) is 0 Å². The Hall–Kier alpha value is -4.09. The summed E-state index contributed by atoms with van der Waals surface area (Å²) in [6.45, 7) is 0. The number of methoxy groups -OCH3 is 1. The van der Waals surface area contributed by atoms with Crippen molar-refractivity contribution in [2.45, 2.75) is 23.4 Å². The highest BCUT2D eigenvalue weighted by Crippen LogP contribution is 2.58. The molecule has 0 radical (unpaired) electrons. The van der Waals surface area contributed by atoms with Crippen molar-refractivity contribution in [3.63, 3.8) is 0 Å². The molecule has 2 aliphatic heterocycles. The number of fused-ring (bicyclic) bond motifs is 3. The fourth-order valence-corrected chi connectivity index (χ4v) is 6.10. The third kappa shape index (κ3) is 3.53. The van der Waals surface area contributed by atoms with Gasteiger partial charge in [-0.15, -0.1) is 11.6 Å². The number of para-hydroxylation sites is 2. The molecule has 184 valence electrons. The first-order valence-electron chi connectivity index (χ1n) is 12.2. The molecule has 2 aliphatic rings. The maximum Gasteiger partial charge on any atom is 0.258 e. The van der Waals surface area contributed by atoms with Crippen LogP contribution in [0, 0.1) is 0 Å². The number of rotatable bonds is 4. The number of amides is 2. The van der Waals surface area contributed by atoms with Gasteiger partial charge in [0.15, 0.2) is 0 Å². The number of carbonyl (C=O) groups is 2. The van der Waals surface area contributed by atoms with Crippen LogP contribution in [0.25, 0.3) is 0 Å². The van der Waals surface area contributed by atoms with Crippen LogP contribution in [0.4, 0.5) is 11.4 Å². The Morgan fingerprint density at radius 2 is 1.43 bits per heavy atom. The average molecular weight is 509 g/mol. The number of anilines is 2. The molecule has 0 N–H and O–H groups in total. The van der Waals surface area contributed by atoms with Crippen molar-refractivity contribution < 1.29 is 14.3 Å². The molecular formula is C31H25ClN2O3. The minimum atomic E-state index is -0.854. The summed E-state index contributed by atoms with van der Waals surface area (Å²) in [5.41, 5.74) is 2.94. The van der Waals surface area contributed by atoms with E-state index in [9.17, 15) is 9.59 Å². The van der Waals surface area contributed by atoms with Gasteiger partial charge in [-0.3, -0.25) is 19.4 Å². The largest absolute Gasteiger partial charge is 0.497 e. The minimum absolute atomic E-state index is 0.132. The molecule has 4 aromatic carbocycles. The van der Waals surface area contributed by atoms with E-state index in [-0.39, 0.29) is 17.9 Å². The molecule has 0 bridgehead atoms. The molecule has 0 aliphatic carbocycles. The number of nitrogens with zero attached hydrogens (tertiary/aromatic N) is 2. The van der Waals surface area contributed by atoms with E-state index in [1.165, 1.54) is 0 Å². The Morgan fingerprint density at radius 1 is 0.838 bits per heavy atom. The second kappa shape index (κ2) is 9.09. The number of alkyl halides is 1. The standard InChI is InChI=1S/C31H25ClN2O3/c1-37-24-18-16-23(17-19-24)31-20-27(21-10-4-2-5-11-21)33(29(35)22-12-6-3-7-13-22)25-14-8-9-15-26(25)34(31)30(36)28(31)32/h2-19,27-28H,20H2,1H3/t27-,28-,31+/m0/s1. The Balaban J connectivity index is 1.61. The van der Waals surface area contributed by atoms with Gasteiger partial charge in [-0.25, -0.2) is 0 Å². The van der Waals surface area contributed by atoms with Gasteiger partial charge in [-0.1, -0.05) is 72.8 Å². The number of β-lactam (4-membered cyclic amide) rings is 1. The highest BCUT2D eigenvalue weighted by atomic mass is 35.5. The van der Waals surface area contributed by atoms with Gasteiger partial charge in [0.2, 0.25) is 5.91 Å². The number of halogens is 1. The molecular weight excluding hydrogens is 484 g/mol. The maximum atomic E-state index is 14.2. The summed E-state index contributed by atoms with van der Waals surface area (Å²) in [6.07, 6.45) is 0.427. The van der Waals surface area contributed by atoms with Crippen molar-refractivity contribution in [2.75, 3.05) is 16.9 Å². The summed E-state index contributed by atoms with van der Waals surface area (Å²) >= 11 is 6.95. The highest BCUT2D eigenvalue weighted by molar-refractivity contribution is 6.38. The number of benzene rings is 4. The summed E-state index contributed by atoms with van der Waals surface area (Å²) in [4.78, 5) is 31.3. The fraction of sp³-hybridized carbons (Fsp3) is 0.161. The van der Waals surface area contributed by atoms with Gasteiger partial charge in [-0.05, 0) is 47.5 Å². The molecule has 3 atom stereocenters. The summed E-state index contributed by atoms with van der Waals surface area (Å²) in [7, 11) is 1.62. The van der Waals surface area contributed by atoms with Gasteiger partial charge in [0.25, 0.3) is 5.91 Å². The van der Waals surface area contributed by atoms with Crippen LogP contribution in [0.15, 0.2) is 109 Å². The lowest BCUT2D eigenvalue weighted by molar-refractivity contribution is -0.127. The number of carbonyl (C=O) groups excluding carboxylic acids is 2. The molecule has 37 heavy (non-hydrogen) atoms. The molecule has 0 aromatic heterocycles. The van der Waals surface area contributed by atoms with Crippen LogP contribution in [0.1, 0.15) is 33.9 Å². The van der Waals surface area contributed by atoms with Gasteiger partial charge < -0.3 is 4.74 Å². The Morgan fingerprint density at radius 3 is 2.08 bits per heavy atom. The van der Waals surface area contributed by atoms with Gasteiger partial charge in [0.05, 0.1) is 24.5 Å². The second-order valence-corrected chi connectivity index (χ2v) is 9.79. The van der Waals surface area contributed by atoms with E-state index < -0.39 is 10.9 Å². The number of hydrogen-bond acceptors (Lipinski definition) is 3. The topological polar surface area (TPSA) is 49.9 Å². The molecule has 0 unspecified atom stereocenters. The molecule has 1 saturated heterocycles. The SMILES string of the molecule is COc1ccc([C@@]23C[C@@H](c4ccccc4)N(C(=O)c4ccccc4)c4ccccc4N2C(=O)[C@@H]3Cl)cc1. The average Bonchev–Trinajstić information content (AvgIpc) is 3.09. The molecule has 1 fully saturated rings. The van der Waals surface area contributed by atoms with Crippen molar-refractivity contribution in [3.05, 3.63) is 126 Å². The zero-order chi connectivity index (χ0) is 25.6. The first kappa shape index (κ1) is 23.3. The zero-order valence-corrected chi connectivity index (χ0v) is 21.0. The summed E-state index contributed by atoms with van der Waals surface area (Å²) in [5, 5.41) is -0.785. The Kier molecular flexibility index (Phi) is 5.73. The quantitative estimate of drug-likeness (QED) is 0.239. The Bertz CT molecular complexity index is 1460. The predicted octanol–water partition coefficient (Wildman–Crippen LogP) is 6.34. The molecule has 2 heterocycles. The van der Waals surface area contributed by atoms with Crippen LogP contribution in [-0.4, -0.2) is 24.3 Å². The lowest BCUT2D eigenvalue weighted by Crippen LogP contribution is -2.70. The molecule has 0 saturated carbocycles. The molecule has 6 heteroatoms. The Labute approximate surface area is 220 Å². The number of hydrogen-bond donors (Lipinski definition) is 0. The summed E-state index contributed by atoms with van der Waals surface area (Å²) in [6, 6.07) is 34.1. The summed E-state index contributed by atoms with van der Waals surface area (Å²) < 4.78 is 5.38. The van der Waals surface area contributed by atoms with E-state index in [4.69, 9.17) is 16.3 Å². The van der Waals surface area contributed by atoms with E-state index in [0.29, 0.717) is 23.4 Å². The highest BCUT2D eigenvalue weighted by Gasteiger charge is 2.64. The normalized spacial score (nSPS) is 22.4. The van der Waals surface area contributed by atoms with Crippen molar-refractivity contribution in [3.8, 4) is 5.75 Å². The van der Waals surface area contributed by atoms with Crippen LogP contribution in [0.5, 0.6) is 5.75 Å². The molecule has 6 rings (SSSR count). The van der Waals surface area contributed by atoms with Crippen molar-refractivity contribution in [1.29, 1.82) is 0 Å². The third-order valence-electron chi connectivity index (χ3n) is 7.47. The van der Waals surface area contributed by atoms with E-state index in [2.05, 4.69) is 0 Å². The van der Waals surface area contributed by atoms with Crippen LogP contribution >= 0.6 is 11.6 Å². The predicted molar refractivity (Wildman–Crippen MR) is 145 cm³/mol. The monoisotopic (exact) mass is 508 g/mol. The smallest absolute Gasteiger partial charge is 0.258 e. The minimum Gasteiger partial charge on any atom is -0.497 e. The van der Waals surface area contributed by atoms with E-state index >= 15 is 0 Å². The fourth-order valence-electron chi connectivity index (χ4n) is 5.69. The van der Waals surface area contributed by atoms with Gasteiger partial charge in [0, 0.05) is 12.0 Å². The first-order chi connectivity index (χ1) is 18.1. The number of ether oxygens (including phenoxy) is 1. The lowest BCUT2D eigenvalue weighted by atomic mass is 9.71. The molecule has 4 aromatic rings. The van der Waals surface area contributed by atoms with Crippen LogP contribution in [-0.2, 0) is 10.3 Å². The van der Waals surface area contributed by atoms with Crippen LogP contribution in [0.3, 0.4) is 0 Å². The molecule has 2 amide bonds. The van der Waals surface area contributed by atoms with E-state index in [1.54, 1.807) is 12.0 Å². The molecule has 5 nitrogen and oxygen atoms in total. The van der Waals surface area contributed by atoms with Gasteiger partial charge in [-0.2, -0.15) is 0 Å². The van der Waals surface area contributed by atoms with E-state index in [1.807, 2.05) is 114 Å². The van der Waals surface area contributed by atoms with Crippen molar-refractivity contribution in [2.24, 2.45) is 0 Å². The zero-order valence-electron chi connectivity index (χ0n) is 20.3. The first-order valence-corrected chi connectivity index (χ1v) is 12.6. The lowest BCUT2D eigenvalue weighted by Gasteiger charge is -2.55. The summed E-state index contributed by atoms with van der Waals surface area (Å²) in [5.74, 6) is 0.414. The maximum absolute atomic E-state index is 14.2. The van der Waals surface area contributed by atoms with Crippen molar-refractivity contribution in [1.82, 2.24) is 0 Å². The third-order valence-corrected chi connectivity index (χ3v) is 8.02. The van der Waals surface area contributed by atoms with Crippen LogP contribution < -0.4 is 14.5 Å². The van der Waals surface area contributed by atoms with E-state index in [0.717, 1.165) is 16.9 Å².